The standard InChI is InChI=1S/C15H16FNO/c1-11-5-2-3-8-14(11)18-15(10-17)12-6-4-7-13(16)9-12/h2-9,15H,10,17H2,1H3. The fraction of sp³-hybridized carbons (Fsp3) is 0.200. The SMILES string of the molecule is Cc1ccccc1OC(CN)c1cccc(F)c1. The van der Waals surface area contributed by atoms with Crippen LogP contribution in [0.4, 0.5) is 4.39 Å². The van der Waals surface area contributed by atoms with Crippen LogP contribution in [-0.4, -0.2) is 6.54 Å². The summed E-state index contributed by atoms with van der Waals surface area (Å²) in [7, 11) is 0. The van der Waals surface area contributed by atoms with E-state index in [9.17, 15) is 4.39 Å². The van der Waals surface area contributed by atoms with Gasteiger partial charge in [0.05, 0.1) is 0 Å². The van der Waals surface area contributed by atoms with E-state index in [-0.39, 0.29) is 11.9 Å². The van der Waals surface area contributed by atoms with Crippen molar-refractivity contribution in [3.05, 3.63) is 65.5 Å². The monoisotopic (exact) mass is 245 g/mol. The number of para-hydroxylation sites is 1. The molecule has 1 atom stereocenters. The van der Waals surface area contributed by atoms with Gasteiger partial charge >= 0.3 is 0 Å². The first-order chi connectivity index (χ1) is 8.70. The van der Waals surface area contributed by atoms with E-state index in [1.807, 2.05) is 37.3 Å². The molecule has 0 heterocycles. The molecule has 2 aromatic rings. The fourth-order valence-electron chi connectivity index (χ4n) is 1.80. The molecule has 0 aliphatic heterocycles. The van der Waals surface area contributed by atoms with Gasteiger partial charge in [0, 0.05) is 6.54 Å². The molecule has 0 aliphatic rings. The zero-order valence-electron chi connectivity index (χ0n) is 10.3. The number of ether oxygens (including phenoxy) is 1. The van der Waals surface area contributed by atoms with Gasteiger partial charge in [0.1, 0.15) is 17.7 Å². The topological polar surface area (TPSA) is 35.2 Å². The van der Waals surface area contributed by atoms with E-state index in [0.717, 1.165) is 16.9 Å². The van der Waals surface area contributed by atoms with Gasteiger partial charge < -0.3 is 10.5 Å². The number of benzene rings is 2. The lowest BCUT2D eigenvalue weighted by molar-refractivity contribution is 0.212. The van der Waals surface area contributed by atoms with Crippen molar-refractivity contribution in [3.63, 3.8) is 0 Å². The molecule has 0 amide bonds. The number of hydrogen-bond acceptors (Lipinski definition) is 2. The Kier molecular flexibility index (Phi) is 3.95. The zero-order valence-corrected chi connectivity index (χ0v) is 10.3. The second-order valence-electron chi connectivity index (χ2n) is 4.16. The van der Waals surface area contributed by atoms with Gasteiger partial charge in [-0.3, -0.25) is 0 Å². The summed E-state index contributed by atoms with van der Waals surface area (Å²) in [5.74, 6) is 0.497. The van der Waals surface area contributed by atoms with Gasteiger partial charge in [-0.2, -0.15) is 0 Å². The molecule has 0 fully saturated rings. The second-order valence-corrected chi connectivity index (χ2v) is 4.16. The van der Waals surface area contributed by atoms with Crippen LogP contribution in [-0.2, 0) is 0 Å². The lowest BCUT2D eigenvalue weighted by Gasteiger charge is -2.19. The molecule has 0 spiro atoms. The lowest BCUT2D eigenvalue weighted by atomic mass is 10.1. The molecule has 2 N–H and O–H groups in total. The van der Waals surface area contributed by atoms with Crippen LogP contribution in [0, 0.1) is 12.7 Å². The van der Waals surface area contributed by atoms with Crippen molar-refractivity contribution in [1.29, 1.82) is 0 Å². The Labute approximate surface area is 106 Å². The third-order valence-electron chi connectivity index (χ3n) is 2.80. The van der Waals surface area contributed by atoms with Crippen LogP contribution >= 0.6 is 0 Å². The molecule has 0 saturated heterocycles. The fourth-order valence-corrected chi connectivity index (χ4v) is 1.80. The summed E-state index contributed by atoms with van der Waals surface area (Å²) in [6, 6.07) is 14.0. The molecule has 2 aromatic carbocycles. The molecule has 2 nitrogen and oxygen atoms in total. The van der Waals surface area contributed by atoms with E-state index < -0.39 is 0 Å². The minimum Gasteiger partial charge on any atom is -0.484 e. The summed E-state index contributed by atoms with van der Waals surface area (Å²) in [6.45, 7) is 2.27. The molecule has 94 valence electrons. The highest BCUT2D eigenvalue weighted by atomic mass is 19.1. The summed E-state index contributed by atoms with van der Waals surface area (Å²) in [6.07, 6.45) is -0.332. The number of nitrogens with two attached hydrogens (primary N) is 1. The smallest absolute Gasteiger partial charge is 0.136 e. The van der Waals surface area contributed by atoms with Gasteiger partial charge in [0.15, 0.2) is 0 Å². The van der Waals surface area contributed by atoms with E-state index in [1.165, 1.54) is 12.1 Å². The van der Waals surface area contributed by atoms with Crippen molar-refractivity contribution >= 4 is 0 Å². The van der Waals surface area contributed by atoms with Crippen molar-refractivity contribution in [1.82, 2.24) is 0 Å². The predicted molar refractivity (Wildman–Crippen MR) is 70.0 cm³/mol. The summed E-state index contributed by atoms with van der Waals surface area (Å²) >= 11 is 0. The molecule has 2 rings (SSSR count). The van der Waals surface area contributed by atoms with Crippen molar-refractivity contribution < 1.29 is 9.13 Å². The van der Waals surface area contributed by atoms with Gasteiger partial charge in [0.2, 0.25) is 0 Å². The van der Waals surface area contributed by atoms with Gasteiger partial charge in [-0.15, -0.1) is 0 Å². The largest absolute Gasteiger partial charge is 0.484 e. The summed E-state index contributed by atoms with van der Waals surface area (Å²) in [4.78, 5) is 0. The quantitative estimate of drug-likeness (QED) is 0.897. The number of halogens is 1. The van der Waals surface area contributed by atoms with Gasteiger partial charge in [0.25, 0.3) is 0 Å². The molecule has 3 heteroatoms. The number of rotatable bonds is 4. The maximum absolute atomic E-state index is 13.2. The highest BCUT2D eigenvalue weighted by molar-refractivity contribution is 5.33. The van der Waals surface area contributed by atoms with E-state index in [0.29, 0.717) is 6.54 Å². The Morgan fingerprint density at radius 2 is 1.94 bits per heavy atom. The number of aryl methyl sites for hydroxylation is 1. The highest BCUT2D eigenvalue weighted by Gasteiger charge is 2.13. The first-order valence-corrected chi connectivity index (χ1v) is 5.88. The van der Waals surface area contributed by atoms with Gasteiger partial charge in [-0.1, -0.05) is 30.3 Å². The predicted octanol–water partition coefficient (Wildman–Crippen LogP) is 3.21. The molecule has 0 saturated carbocycles. The Morgan fingerprint density at radius 1 is 1.17 bits per heavy atom. The van der Waals surface area contributed by atoms with Crippen LogP contribution < -0.4 is 10.5 Å². The molecule has 18 heavy (non-hydrogen) atoms. The normalized spacial score (nSPS) is 12.2. The average Bonchev–Trinajstić information content (AvgIpc) is 2.38. The van der Waals surface area contributed by atoms with E-state index in [1.54, 1.807) is 6.07 Å². The summed E-state index contributed by atoms with van der Waals surface area (Å²) < 4.78 is 19.0. The maximum atomic E-state index is 13.2. The van der Waals surface area contributed by atoms with Crippen LogP contribution in [0.15, 0.2) is 48.5 Å². The van der Waals surface area contributed by atoms with Crippen molar-refractivity contribution in [2.45, 2.75) is 13.0 Å². The molecule has 0 aliphatic carbocycles. The Hall–Kier alpha value is -1.87. The maximum Gasteiger partial charge on any atom is 0.136 e. The van der Waals surface area contributed by atoms with Crippen LogP contribution in [0.2, 0.25) is 0 Å². The van der Waals surface area contributed by atoms with E-state index >= 15 is 0 Å². The molecule has 1 unspecified atom stereocenters. The van der Waals surface area contributed by atoms with Crippen LogP contribution in [0.25, 0.3) is 0 Å². The van der Waals surface area contributed by atoms with Gasteiger partial charge in [-0.05, 0) is 36.2 Å². The van der Waals surface area contributed by atoms with Crippen molar-refractivity contribution in [2.75, 3.05) is 6.54 Å². The zero-order chi connectivity index (χ0) is 13.0. The Morgan fingerprint density at radius 3 is 2.61 bits per heavy atom. The third kappa shape index (κ3) is 2.87. The average molecular weight is 245 g/mol. The Balaban J connectivity index is 2.23. The van der Waals surface area contributed by atoms with Crippen LogP contribution in [0.3, 0.4) is 0 Å². The molecular weight excluding hydrogens is 229 g/mol. The third-order valence-corrected chi connectivity index (χ3v) is 2.80. The van der Waals surface area contributed by atoms with Crippen LogP contribution in [0.5, 0.6) is 5.75 Å². The lowest BCUT2D eigenvalue weighted by Crippen LogP contribution is -2.18. The van der Waals surface area contributed by atoms with Crippen molar-refractivity contribution in [2.24, 2.45) is 5.73 Å². The first kappa shape index (κ1) is 12.6. The van der Waals surface area contributed by atoms with E-state index in [2.05, 4.69) is 0 Å². The van der Waals surface area contributed by atoms with Gasteiger partial charge in [-0.25, -0.2) is 4.39 Å². The summed E-state index contributed by atoms with van der Waals surface area (Å²) in [5.41, 5.74) is 7.49. The minimum atomic E-state index is -0.332. The molecular formula is C15H16FNO. The minimum absolute atomic E-state index is 0.278. The van der Waals surface area contributed by atoms with Crippen LogP contribution in [0.1, 0.15) is 17.2 Å². The van der Waals surface area contributed by atoms with Crippen molar-refractivity contribution in [3.8, 4) is 5.75 Å². The molecule has 0 radical (unpaired) electrons. The number of hydrogen-bond donors (Lipinski definition) is 1. The molecule has 0 bridgehead atoms. The second kappa shape index (κ2) is 5.65. The molecule has 0 aromatic heterocycles. The van der Waals surface area contributed by atoms with E-state index in [4.69, 9.17) is 10.5 Å². The first-order valence-electron chi connectivity index (χ1n) is 5.88. The Bertz CT molecular complexity index is 527. The highest BCUT2D eigenvalue weighted by Crippen LogP contribution is 2.24. The summed E-state index contributed by atoms with van der Waals surface area (Å²) in [5, 5.41) is 0.